The van der Waals surface area contributed by atoms with E-state index in [0.29, 0.717) is 42.9 Å². The van der Waals surface area contributed by atoms with E-state index in [2.05, 4.69) is 10.8 Å². The second kappa shape index (κ2) is 13.1. The molecule has 0 spiro atoms. The number of terminal acetylenes is 1. The van der Waals surface area contributed by atoms with E-state index >= 15 is 0 Å². The summed E-state index contributed by atoms with van der Waals surface area (Å²) in [7, 11) is 3.50. The molecular weight excluding hydrogens is 454 g/mol. The molecule has 0 aliphatic rings. The molecule has 34 heavy (non-hydrogen) atoms. The summed E-state index contributed by atoms with van der Waals surface area (Å²) in [5, 5.41) is 15.9. The van der Waals surface area contributed by atoms with E-state index in [-0.39, 0.29) is 13.2 Å². The zero-order chi connectivity index (χ0) is 24.3. The number of aliphatic hydroxyl groups is 1. The second-order valence-corrected chi connectivity index (χ2v) is 8.22. The van der Waals surface area contributed by atoms with Crippen molar-refractivity contribution >= 4 is 11.6 Å². The predicted molar refractivity (Wildman–Crippen MR) is 133 cm³/mol. The molecule has 8 heteroatoms. The zero-order valence-electron chi connectivity index (χ0n) is 19.5. The first-order valence-electron chi connectivity index (χ1n) is 11.0. The maximum Gasteiger partial charge on any atom is 0.222 e. The van der Waals surface area contributed by atoms with Gasteiger partial charge in [0, 0.05) is 44.4 Å². The van der Waals surface area contributed by atoms with E-state index in [9.17, 15) is 5.11 Å². The summed E-state index contributed by atoms with van der Waals surface area (Å²) >= 11 is 6.04. The fourth-order valence-electron chi connectivity index (χ4n) is 3.55. The molecule has 0 aliphatic carbocycles. The Morgan fingerprint density at radius 1 is 1.18 bits per heavy atom. The topological polar surface area (TPSA) is 69.0 Å². The standard InChI is InChI=1S/C26H30ClN3O4/c1-4-15-33-19-22(31)17-30(14-16-32-3)18-24-25(20-8-6-5-7-9-20)28-29(2)26(24)34-23-12-10-21(27)11-13-23/h1,5-13,22,31H,14-19H2,2-3H3/t22-/m0/s1. The van der Waals surface area contributed by atoms with Crippen molar-refractivity contribution in [1.29, 1.82) is 0 Å². The Bertz CT molecular complexity index is 1060. The van der Waals surface area contributed by atoms with E-state index in [1.54, 1.807) is 23.9 Å². The lowest BCUT2D eigenvalue weighted by molar-refractivity contribution is 0.0206. The Morgan fingerprint density at radius 3 is 2.59 bits per heavy atom. The third-order valence-corrected chi connectivity index (χ3v) is 5.37. The monoisotopic (exact) mass is 483 g/mol. The van der Waals surface area contributed by atoms with Crippen LogP contribution in [0.25, 0.3) is 11.3 Å². The first-order chi connectivity index (χ1) is 16.5. The highest BCUT2D eigenvalue weighted by atomic mass is 35.5. The van der Waals surface area contributed by atoms with E-state index in [1.807, 2.05) is 49.5 Å². The van der Waals surface area contributed by atoms with Crippen molar-refractivity contribution in [2.75, 3.05) is 40.0 Å². The first kappa shape index (κ1) is 25.8. The number of aryl methyl sites for hydroxylation is 1. The largest absolute Gasteiger partial charge is 0.439 e. The highest BCUT2D eigenvalue weighted by molar-refractivity contribution is 6.30. The van der Waals surface area contributed by atoms with Crippen LogP contribution in [0.15, 0.2) is 54.6 Å². The van der Waals surface area contributed by atoms with Gasteiger partial charge < -0.3 is 19.3 Å². The van der Waals surface area contributed by atoms with Gasteiger partial charge in [0.05, 0.1) is 24.9 Å². The Kier molecular flexibility index (Phi) is 9.95. The summed E-state index contributed by atoms with van der Waals surface area (Å²) in [5.41, 5.74) is 2.69. The predicted octanol–water partition coefficient (Wildman–Crippen LogP) is 3.99. The highest BCUT2D eigenvalue weighted by Gasteiger charge is 2.23. The third-order valence-electron chi connectivity index (χ3n) is 5.12. The molecule has 0 radical (unpaired) electrons. The van der Waals surface area contributed by atoms with Gasteiger partial charge >= 0.3 is 0 Å². The average molecular weight is 484 g/mol. The third kappa shape index (κ3) is 7.32. The number of nitrogens with zero attached hydrogens (tertiary/aromatic N) is 3. The van der Waals surface area contributed by atoms with Crippen LogP contribution in [0.1, 0.15) is 5.56 Å². The summed E-state index contributed by atoms with van der Waals surface area (Å²) in [5.74, 6) is 3.68. The molecule has 1 heterocycles. The number of hydrogen-bond acceptors (Lipinski definition) is 6. The first-order valence-corrected chi connectivity index (χ1v) is 11.3. The number of rotatable bonds is 13. The molecule has 180 valence electrons. The van der Waals surface area contributed by atoms with Gasteiger partial charge in [0.2, 0.25) is 5.88 Å². The van der Waals surface area contributed by atoms with E-state index in [1.165, 1.54) is 0 Å². The summed E-state index contributed by atoms with van der Waals surface area (Å²) in [6.45, 7) is 2.28. The van der Waals surface area contributed by atoms with Gasteiger partial charge in [-0.3, -0.25) is 4.90 Å². The maximum absolute atomic E-state index is 10.5. The van der Waals surface area contributed by atoms with Crippen LogP contribution in [0.2, 0.25) is 5.02 Å². The van der Waals surface area contributed by atoms with Crippen LogP contribution in [0.3, 0.4) is 0 Å². The fourth-order valence-corrected chi connectivity index (χ4v) is 3.67. The number of ether oxygens (including phenoxy) is 3. The highest BCUT2D eigenvalue weighted by Crippen LogP contribution is 2.34. The van der Waals surface area contributed by atoms with Crippen LogP contribution in [-0.4, -0.2) is 65.9 Å². The number of aliphatic hydroxyl groups excluding tert-OH is 1. The second-order valence-electron chi connectivity index (χ2n) is 7.78. The Morgan fingerprint density at radius 2 is 1.91 bits per heavy atom. The molecule has 0 bridgehead atoms. The van der Waals surface area contributed by atoms with Crippen LogP contribution in [-0.2, 0) is 23.1 Å². The molecule has 2 aromatic carbocycles. The van der Waals surface area contributed by atoms with Gasteiger partial charge in [0.15, 0.2) is 0 Å². The number of hydrogen-bond donors (Lipinski definition) is 1. The summed E-state index contributed by atoms with van der Waals surface area (Å²) < 4.78 is 18.6. The molecular formula is C26H30ClN3O4. The molecule has 0 aliphatic heterocycles. The van der Waals surface area contributed by atoms with Gasteiger partial charge in [-0.05, 0) is 24.3 Å². The van der Waals surface area contributed by atoms with Crippen molar-refractivity contribution in [3.8, 4) is 35.2 Å². The lowest BCUT2D eigenvalue weighted by atomic mass is 10.1. The lowest BCUT2D eigenvalue weighted by Gasteiger charge is -2.25. The van der Waals surface area contributed by atoms with Crippen LogP contribution >= 0.6 is 11.6 Å². The summed E-state index contributed by atoms with van der Waals surface area (Å²) in [4.78, 5) is 2.09. The average Bonchev–Trinajstić information content (AvgIpc) is 3.14. The van der Waals surface area contributed by atoms with Crippen molar-refractivity contribution < 1.29 is 19.3 Å². The van der Waals surface area contributed by atoms with Crippen LogP contribution < -0.4 is 4.74 Å². The molecule has 3 rings (SSSR count). The van der Waals surface area contributed by atoms with Crippen molar-refractivity contribution in [2.24, 2.45) is 7.05 Å². The van der Waals surface area contributed by atoms with E-state index < -0.39 is 6.10 Å². The molecule has 1 N–H and O–H groups in total. The minimum atomic E-state index is -0.706. The van der Waals surface area contributed by atoms with Gasteiger partial charge in [-0.15, -0.1) is 6.42 Å². The molecule has 1 atom stereocenters. The molecule has 0 saturated heterocycles. The van der Waals surface area contributed by atoms with Gasteiger partial charge in [0.1, 0.15) is 18.1 Å². The summed E-state index contributed by atoms with van der Waals surface area (Å²) in [6, 6.07) is 17.1. The number of halogens is 1. The SMILES string of the molecule is C#CCOC[C@@H](O)CN(CCOC)Cc1c(-c2ccccc2)nn(C)c1Oc1ccc(Cl)cc1. The molecule has 0 fully saturated rings. The minimum absolute atomic E-state index is 0.153. The van der Waals surface area contributed by atoms with E-state index in [4.69, 9.17) is 37.3 Å². The Labute approximate surface area is 205 Å². The van der Waals surface area contributed by atoms with Crippen molar-refractivity contribution in [2.45, 2.75) is 12.6 Å². The number of benzene rings is 2. The van der Waals surface area contributed by atoms with Crippen LogP contribution in [0, 0.1) is 12.3 Å². The molecule has 0 amide bonds. The zero-order valence-corrected chi connectivity index (χ0v) is 20.2. The van der Waals surface area contributed by atoms with Gasteiger partial charge in [-0.25, -0.2) is 4.68 Å². The van der Waals surface area contributed by atoms with Crippen molar-refractivity contribution in [1.82, 2.24) is 14.7 Å². The fraction of sp³-hybridized carbons (Fsp3) is 0.346. The Balaban J connectivity index is 1.92. The normalized spacial score (nSPS) is 12.0. The lowest BCUT2D eigenvalue weighted by Crippen LogP contribution is -2.36. The smallest absolute Gasteiger partial charge is 0.222 e. The quantitative estimate of drug-likeness (QED) is 0.293. The summed E-state index contributed by atoms with van der Waals surface area (Å²) in [6.07, 6.45) is 4.53. The number of aromatic nitrogens is 2. The maximum atomic E-state index is 10.5. The molecule has 3 aromatic rings. The molecule has 0 unspecified atom stereocenters. The Hall–Kier alpha value is -2.86. The van der Waals surface area contributed by atoms with Gasteiger partial charge in [0.25, 0.3) is 0 Å². The van der Waals surface area contributed by atoms with E-state index in [0.717, 1.165) is 16.8 Å². The number of methoxy groups -OCH3 is 1. The molecule has 0 saturated carbocycles. The van der Waals surface area contributed by atoms with Crippen LogP contribution in [0.5, 0.6) is 11.6 Å². The van der Waals surface area contributed by atoms with Gasteiger partial charge in [-0.1, -0.05) is 47.9 Å². The molecule has 1 aromatic heterocycles. The van der Waals surface area contributed by atoms with Crippen molar-refractivity contribution in [3.63, 3.8) is 0 Å². The van der Waals surface area contributed by atoms with Gasteiger partial charge in [-0.2, -0.15) is 5.10 Å². The van der Waals surface area contributed by atoms with Crippen molar-refractivity contribution in [3.05, 3.63) is 65.2 Å². The van der Waals surface area contributed by atoms with Crippen LogP contribution in [0.4, 0.5) is 0 Å². The minimum Gasteiger partial charge on any atom is -0.439 e. The molecule has 7 nitrogen and oxygen atoms in total.